The highest BCUT2D eigenvalue weighted by Crippen LogP contribution is 2.30. The molecular weight excluding hydrogens is 846 g/mol. The molecule has 0 bridgehead atoms. The first-order valence-electron chi connectivity index (χ1n) is 19.2. The third kappa shape index (κ3) is 16.6. The molecule has 63 heavy (non-hydrogen) atoms. The lowest BCUT2D eigenvalue weighted by molar-refractivity contribution is -0.809. The van der Waals surface area contributed by atoms with Gasteiger partial charge in [-0.1, -0.05) is 5.01 Å². The van der Waals surface area contributed by atoms with Gasteiger partial charge in [0.05, 0.1) is 18.5 Å². The number of rotatable bonds is 21. The molecule has 0 saturated heterocycles. The molecule has 0 saturated carbocycles. The average molecular weight is 901 g/mol. The topological polar surface area (TPSA) is 404 Å². The highest BCUT2D eigenvalue weighted by atomic mass is 16.6. The number of nitrogens with two attached hydrogens (primary N) is 2. The zero-order chi connectivity index (χ0) is 48.8. The van der Waals surface area contributed by atoms with Crippen molar-refractivity contribution in [3.8, 4) is 0 Å². The van der Waals surface area contributed by atoms with Crippen LogP contribution in [0.15, 0.2) is 12.2 Å². The van der Waals surface area contributed by atoms with Crippen LogP contribution in [0.3, 0.4) is 0 Å². The first kappa shape index (κ1) is 54.3. The van der Waals surface area contributed by atoms with E-state index in [1.54, 1.807) is 0 Å². The van der Waals surface area contributed by atoms with E-state index in [4.69, 9.17) is 31.2 Å². The maximum atomic E-state index is 15.4. The monoisotopic (exact) mass is 900 g/mol. The van der Waals surface area contributed by atoms with Gasteiger partial charge in [0, 0.05) is 49.0 Å². The zero-order valence-electron chi connectivity index (χ0n) is 35.4. The second-order valence-corrected chi connectivity index (χ2v) is 16.0. The Labute approximate surface area is 359 Å². The SMILES string of the molecule is CC(C)(C)OC(=O)N(C(=O)[C@H](CCC(=O)O)NC(=O)[C@@H](N)CCC(=O)O)[N+](C(=O)CCN1C(=O)C=CC1=O)(C(=O)OC(C)(C)C)C(=O)[C@H](CCC(=O)O)NC(=O)[C@@H](N)CCC(=O)O. The first-order chi connectivity index (χ1) is 28.8. The van der Waals surface area contributed by atoms with Gasteiger partial charge >= 0.3 is 53.8 Å². The Balaban J connectivity index is 4.54. The molecule has 350 valence electrons. The van der Waals surface area contributed by atoms with Gasteiger partial charge in [-0.3, -0.25) is 48.1 Å². The lowest BCUT2D eigenvalue weighted by atomic mass is 10.1. The number of hydrogen-bond donors (Lipinski definition) is 8. The minimum absolute atomic E-state index is 0.450. The molecule has 0 radical (unpaired) electrons. The summed E-state index contributed by atoms with van der Waals surface area (Å²) < 4.78 is 7.88. The zero-order valence-corrected chi connectivity index (χ0v) is 35.4. The summed E-state index contributed by atoms with van der Waals surface area (Å²) in [4.78, 5) is 173. The summed E-state index contributed by atoms with van der Waals surface area (Å²) in [6.45, 7) is 6.27. The fourth-order valence-electron chi connectivity index (χ4n) is 5.42. The van der Waals surface area contributed by atoms with Crippen molar-refractivity contribution in [2.24, 2.45) is 11.5 Å². The highest BCUT2D eigenvalue weighted by Gasteiger charge is 2.67. The van der Waals surface area contributed by atoms with Gasteiger partial charge in [0.2, 0.25) is 11.8 Å². The van der Waals surface area contributed by atoms with Gasteiger partial charge in [-0.15, -0.1) is 0 Å². The third-order valence-corrected chi connectivity index (χ3v) is 8.40. The molecule has 5 atom stereocenters. The molecule has 1 heterocycles. The molecule has 0 fully saturated rings. The van der Waals surface area contributed by atoms with Crippen molar-refractivity contribution in [3.05, 3.63) is 12.2 Å². The summed E-state index contributed by atoms with van der Waals surface area (Å²) in [5, 5.41) is 41.0. The number of hydrogen-bond acceptors (Lipinski definition) is 17. The summed E-state index contributed by atoms with van der Waals surface area (Å²) in [7, 11) is 0. The molecule has 1 aliphatic heterocycles. The summed E-state index contributed by atoms with van der Waals surface area (Å²) in [6.07, 6.45) is -10.6. The van der Waals surface area contributed by atoms with E-state index in [9.17, 15) is 58.2 Å². The van der Waals surface area contributed by atoms with Crippen molar-refractivity contribution in [2.75, 3.05) is 6.54 Å². The molecular formula is C37H54N7O19+. The Kier molecular flexibility index (Phi) is 19.8. The van der Waals surface area contributed by atoms with Gasteiger partial charge in [-0.05, 0) is 67.2 Å². The number of amides is 9. The van der Waals surface area contributed by atoms with Crippen molar-refractivity contribution in [2.45, 2.75) is 135 Å². The van der Waals surface area contributed by atoms with Crippen molar-refractivity contribution in [1.29, 1.82) is 0 Å². The van der Waals surface area contributed by atoms with E-state index in [2.05, 4.69) is 0 Å². The normalized spacial score (nSPS) is 15.5. The van der Waals surface area contributed by atoms with Crippen molar-refractivity contribution >= 4 is 77.4 Å². The van der Waals surface area contributed by atoms with Crippen LogP contribution in [0.25, 0.3) is 0 Å². The van der Waals surface area contributed by atoms with E-state index >= 15 is 14.4 Å². The minimum atomic E-state index is -2.99. The fourth-order valence-corrected chi connectivity index (χ4v) is 5.42. The van der Waals surface area contributed by atoms with Crippen LogP contribution in [-0.2, 0) is 62.2 Å². The first-order valence-corrected chi connectivity index (χ1v) is 19.2. The standard InChI is InChI=1S/C37H53N7O19/c1-36(2,3)62-34(60)43(32(58)21(9-15-28(52)53)40-30(56)19(38)7-13-26(48)49)44(35(61)63-37(4,5)6,25(47)17-18-42-23(45)11-12-24(42)46)33(59)22(10-16-29(54)55)41-31(57)20(39)8-14-27(50)51/h11-12,19-22H,7-10,13-18,38-39H2,1-6H3,(H5-,40,41,48,49,50,51,52,53,54,55,56,57)/p+1/t19-,20-,21-,22-,44?/m0/s1. The Hall–Kier alpha value is -6.67. The number of aliphatic carboxylic acids is 4. The van der Waals surface area contributed by atoms with Crippen molar-refractivity contribution in [1.82, 2.24) is 20.5 Å². The van der Waals surface area contributed by atoms with Crippen LogP contribution in [0, 0.1) is 0 Å². The lowest BCUT2D eigenvalue weighted by Crippen LogP contribution is -2.78. The molecule has 9 amide bonds. The number of carboxylic acid groups (broad SMARTS) is 4. The lowest BCUT2D eigenvalue weighted by Gasteiger charge is -2.40. The van der Waals surface area contributed by atoms with Crippen molar-refractivity contribution < 1.29 is 96.8 Å². The Morgan fingerprint density at radius 1 is 0.635 bits per heavy atom. The van der Waals surface area contributed by atoms with Gasteiger partial charge in [0.25, 0.3) is 11.8 Å². The molecule has 1 aliphatic rings. The largest absolute Gasteiger partial charge is 0.558 e. The second kappa shape index (κ2) is 23.0. The van der Waals surface area contributed by atoms with Gasteiger partial charge in [-0.2, -0.15) is 4.79 Å². The quantitative estimate of drug-likeness (QED) is 0.0384. The summed E-state index contributed by atoms with van der Waals surface area (Å²) >= 11 is 0. The molecule has 0 aromatic heterocycles. The maximum absolute atomic E-state index is 15.4. The van der Waals surface area contributed by atoms with Crippen LogP contribution in [0.1, 0.15) is 99.3 Å². The van der Waals surface area contributed by atoms with E-state index in [0.29, 0.717) is 4.90 Å². The molecule has 0 aliphatic carbocycles. The molecule has 0 spiro atoms. The van der Waals surface area contributed by atoms with Gasteiger partial charge in [0.15, 0.2) is 0 Å². The summed E-state index contributed by atoms with van der Waals surface area (Å²) in [5.74, 6) is -16.7. The van der Waals surface area contributed by atoms with Crippen LogP contribution in [0.2, 0.25) is 0 Å². The average Bonchev–Trinajstić information content (AvgIpc) is 3.47. The molecule has 1 unspecified atom stereocenters. The number of carbonyl (C=O) groups is 13. The Bertz CT molecular complexity index is 1870. The number of carboxylic acids is 4. The molecule has 26 heteroatoms. The van der Waals surface area contributed by atoms with Crippen LogP contribution >= 0.6 is 0 Å². The predicted octanol–water partition coefficient (Wildman–Crippen LogP) is -1.13. The smallest absolute Gasteiger partial charge is 0.481 e. The predicted molar refractivity (Wildman–Crippen MR) is 207 cm³/mol. The van der Waals surface area contributed by atoms with Crippen LogP contribution < -0.4 is 22.1 Å². The highest BCUT2D eigenvalue weighted by molar-refractivity contribution is 6.13. The van der Waals surface area contributed by atoms with E-state index in [-0.39, 0.29) is 0 Å². The van der Waals surface area contributed by atoms with E-state index in [0.717, 1.165) is 12.2 Å². The van der Waals surface area contributed by atoms with Crippen LogP contribution in [0.5, 0.6) is 0 Å². The minimum Gasteiger partial charge on any atom is -0.481 e. The number of imide groups is 5. The van der Waals surface area contributed by atoms with Gasteiger partial charge < -0.3 is 52.0 Å². The molecule has 0 aromatic rings. The number of nitrogens with zero attached hydrogens (tertiary/aromatic N) is 3. The maximum Gasteiger partial charge on any atom is 0.558 e. The third-order valence-electron chi connectivity index (χ3n) is 8.40. The Morgan fingerprint density at radius 2 is 1.02 bits per heavy atom. The molecule has 26 nitrogen and oxygen atoms in total. The van der Waals surface area contributed by atoms with E-state index < -0.39 is 187 Å². The second-order valence-electron chi connectivity index (χ2n) is 16.0. The fraction of sp³-hybridized carbons (Fsp3) is 0.595. The van der Waals surface area contributed by atoms with E-state index in [1.165, 1.54) is 41.5 Å². The summed E-state index contributed by atoms with van der Waals surface area (Å²) in [6, 6.07) is -8.30. The molecule has 0 aromatic carbocycles. The van der Waals surface area contributed by atoms with Crippen LogP contribution in [-0.4, -0.2) is 154 Å². The molecule has 10 N–H and O–H groups in total. The summed E-state index contributed by atoms with van der Waals surface area (Å²) in [5.41, 5.74) is 8.21. The van der Waals surface area contributed by atoms with Gasteiger partial charge in [0.1, 0.15) is 23.3 Å². The molecule has 1 rings (SSSR count). The van der Waals surface area contributed by atoms with E-state index in [1.807, 2.05) is 10.6 Å². The number of nitrogens with one attached hydrogen (secondary N) is 2. The number of carbonyl (C=O) groups excluding carboxylic acids is 9. The van der Waals surface area contributed by atoms with Crippen LogP contribution in [0.4, 0.5) is 9.59 Å². The number of ether oxygens (including phenoxy) is 2. The van der Waals surface area contributed by atoms with Gasteiger partial charge in [-0.25, -0.2) is 14.4 Å². The Morgan fingerprint density at radius 3 is 1.41 bits per heavy atom. The van der Waals surface area contributed by atoms with Crippen molar-refractivity contribution in [3.63, 3.8) is 0 Å². The number of quaternary nitrogens is 1.